The zero-order valence-corrected chi connectivity index (χ0v) is 33.0. The second kappa shape index (κ2) is 18.2. The second-order valence-corrected chi connectivity index (χ2v) is 15.3. The first-order valence-electron chi connectivity index (χ1n) is 18.3. The summed E-state index contributed by atoms with van der Waals surface area (Å²) in [6, 6.07) is 26.2. The maximum atomic E-state index is 12.8. The molecule has 4 heterocycles. The van der Waals surface area contributed by atoms with Gasteiger partial charge in [0, 0.05) is 31.3 Å². The molecule has 1 aliphatic rings. The van der Waals surface area contributed by atoms with E-state index in [9.17, 15) is 24.3 Å². The van der Waals surface area contributed by atoms with Crippen LogP contribution in [0.15, 0.2) is 90.0 Å². The molecule has 3 aromatic heterocycles. The molecule has 1 atom stereocenters. The maximum absolute atomic E-state index is 12.8. The lowest BCUT2D eigenvalue weighted by atomic mass is 9.98. The number of aromatic carboxylic acids is 1. The minimum absolute atomic E-state index is 0.131. The van der Waals surface area contributed by atoms with Crippen LogP contribution in [0.3, 0.4) is 0 Å². The molecule has 5 N–H and O–H groups in total. The standard InChI is InChI=1S/C40H38N10O6S2/c1-3-6-32-42-30(35(39(53)54)50(32)20-24-9-13-25(14-10-24)27-7-4-5-8-28(27)36-46-48-49-47-36)22-57-34-18-17-29(37(41-2)44-34)43-33(51)21-56-26-15-11-23(12-16-26)19-31-38(52)45-40(55)58-31/h4-5,7-18,31H,3,6,19-22H2,1-2H3,(H,41,44)(H,43,51)(H,53,54)(H,45,52,55)(H,46,47,48,49). The highest BCUT2D eigenvalue weighted by Gasteiger charge is 2.31. The number of imidazole rings is 1. The summed E-state index contributed by atoms with van der Waals surface area (Å²) in [6.45, 7) is 2.10. The number of hydrogen-bond acceptors (Lipinski definition) is 13. The molecule has 296 valence electrons. The Hall–Kier alpha value is -6.53. The average Bonchev–Trinajstić information content (AvgIpc) is 3.97. The van der Waals surface area contributed by atoms with Crippen LogP contribution in [0.4, 0.5) is 16.3 Å². The van der Waals surface area contributed by atoms with Crippen molar-refractivity contribution in [3.8, 4) is 28.3 Å². The number of carboxylic acids is 1. The number of carbonyl (C=O) groups excluding carboxylic acids is 3. The molecule has 0 aliphatic carbocycles. The number of ether oxygens (including phenoxy) is 1. The van der Waals surface area contributed by atoms with Crippen LogP contribution in [-0.4, -0.2) is 82.2 Å². The van der Waals surface area contributed by atoms with Gasteiger partial charge < -0.3 is 25.0 Å². The maximum Gasteiger partial charge on any atom is 0.354 e. The number of carbonyl (C=O) groups is 4. The lowest BCUT2D eigenvalue weighted by Gasteiger charge is -2.13. The van der Waals surface area contributed by atoms with Gasteiger partial charge in [0.25, 0.3) is 11.1 Å². The molecule has 0 radical (unpaired) electrons. The highest BCUT2D eigenvalue weighted by Crippen LogP contribution is 2.32. The number of thioether (sulfide) groups is 2. The average molecular weight is 819 g/mol. The predicted molar refractivity (Wildman–Crippen MR) is 220 cm³/mol. The monoisotopic (exact) mass is 818 g/mol. The van der Waals surface area contributed by atoms with Gasteiger partial charge >= 0.3 is 5.97 Å². The molecule has 1 unspecified atom stereocenters. The minimum Gasteiger partial charge on any atom is -0.484 e. The van der Waals surface area contributed by atoms with Crippen molar-refractivity contribution in [1.29, 1.82) is 0 Å². The number of aromatic amines is 1. The third-order valence-electron chi connectivity index (χ3n) is 9.13. The van der Waals surface area contributed by atoms with Crippen molar-refractivity contribution >= 4 is 58.1 Å². The van der Waals surface area contributed by atoms with Gasteiger partial charge in [-0.3, -0.25) is 19.7 Å². The molecule has 1 fully saturated rings. The normalized spacial score (nSPS) is 13.7. The number of anilines is 2. The summed E-state index contributed by atoms with van der Waals surface area (Å²) in [5.74, 6) is 0.582. The van der Waals surface area contributed by atoms with Crippen LogP contribution < -0.4 is 20.7 Å². The number of pyridine rings is 1. The van der Waals surface area contributed by atoms with Crippen LogP contribution >= 0.6 is 23.5 Å². The number of nitrogens with zero attached hydrogens (tertiary/aromatic N) is 6. The van der Waals surface area contributed by atoms with E-state index in [1.165, 1.54) is 11.8 Å². The number of carboxylic acid groups (broad SMARTS) is 1. The van der Waals surface area contributed by atoms with E-state index in [1.807, 2.05) is 55.5 Å². The third kappa shape index (κ3) is 9.35. The van der Waals surface area contributed by atoms with Crippen LogP contribution in [-0.2, 0) is 34.7 Å². The Labute approximate surface area is 341 Å². The quantitative estimate of drug-likeness (QED) is 0.0660. The highest BCUT2D eigenvalue weighted by atomic mass is 32.2. The molecule has 16 nitrogen and oxygen atoms in total. The van der Waals surface area contributed by atoms with Gasteiger partial charge in [-0.15, -0.1) is 10.2 Å². The number of amides is 3. The molecule has 0 bridgehead atoms. The summed E-state index contributed by atoms with van der Waals surface area (Å²) in [5, 5.41) is 32.8. The van der Waals surface area contributed by atoms with Gasteiger partial charge in [-0.1, -0.05) is 91.1 Å². The minimum atomic E-state index is -1.06. The molecular weight excluding hydrogens is 781 g/mol. The fraction of sp³-hybridized carbons (Fsp3) is 0.225. The second-order valence-electron chi connectivity index (χ2n) is 13.1. The van der Waals surface area contributed by atoms with Gasteiger partial charge in [0.05, 0.1) is 21.7 Å². The van der Waals surface area contributed by atoms with E-state index in [1.54, 1.807) is 48.0 Å². The van der Waals surface area contributed by atoms with Gasteiger partial charge in [-0.25, -0.2) is 14.8 Å². The number of benzene rings is 3. The van der Waals surface area contributed by atoms with E-state index in [0.29, 0.717) is 59.0 Å². The summed E-state index contributed by atoms with van der Waals surface area (Å²) in [6.07, 6.45) is 1.80. The number of tetrazole rings is 1. The lowest BCUT2D eigenvalue weighted by Crippen LogP contribution is -2.25. The molecule has 58 heavy (non-hydrogen) atoms. The Morgan fingerprint density at radius 2 is 1.72 bits per heavy atom. The van der Waals surface area contributed by atoms with Gasteiger partial charge in [-0.05, 0) is 64.6 Å². The van der Waals surface area contributed by atoms with E-state index in [2.05, 4.69) is 41.6 Å². The molecule has 0 saturated carbocycles. The molecule has 18 heteroatoms. The Kier molecular flexibility index (Phi) is 12.4. The van der Waals surface area contributed by atoms with Gasteiger partial charge in [0.2, 0.25) is 11.7 Å². The van der Waals surface area contributed by atoms with Gasteiger partial charge in [-0.2, -0.15) is 5.21 Å². The number of aryl methyl sites for hydroxylation is 1. The number of imide groups is 1. The first-order chi connectivity index (χ1) is 28.2. The van der Waals surface area contributed by atoms with E-state index < -0.39 is 17.1 Å². The van der Waals surface area contributed by atoms with E-state index in [-0.39, 0.29) is 29.2 Å². The fourth-order valence-corrected chi connectivity index (χ4v) is 8.08. The zero-order valence-electron chi connectivity index (χ0n) is 31.4. The first-order valence-corrected chi connectivity index (χ1v) is 20.1. The zero-order chi connectivity index (χ0) is 40.6. The number of hydrogen-bond donors (Lipinski definition) is 5. The highest BCUT2D eigenvalue weighted by molar-refractivity contribution is 8.15. The van der Waals surface area contributed by atoms with Gasteiger partial charge in [0.1, 0.15) is 11.6 Å². The topological polar surface area (TPSA) is 219 Å². The number of H-pyrrole nitrogens is 1. The van der Waals surface area contributed by atoms with Crippen molar-refractivity contribution in [2.45, 2.75) is 48.8 Å². The summed E-state index contributed by atoms with van der Waals surface area (Å²) in [5.41, 5.74) is 5.55. The molecular formula is C40H38N10O6S2. The van der Waals surface area contributed by atoms with Crippen LogP contribution in [0, 0.1) is 0 Å². The largest absolute Gasteiger partial charge is 0.484 e. The third-order valence-corrected chi connectivity index (χ3v) is 11.1. The number of rotatable bonds is 17. The molecule has 7 rings (SSSR count). The van der Waals surface area contributed by atoms with Crippen molar-refractivity contribution in [1.82, 2.24) is 40.5 Å². The van der Waals surface area contributed by atoms with E-state index in [0.717, 1.165) is 46.0 Å². The Bertz CT molecular complexity index is 2440. The Balaban J connectivity index is 0.985. The Morgan fingerprint density at radius 3 is 2.40 bits per heavy atom. The number of nitrogens with one attached hydrogen (secondary N) is 4. The van der Waals surface area contributed by atoms with E-state index in [4.69, 9.17) is 9.72 Å². The first kappa shape index (κ1) is 39.7. The van der Waals surface area contributed by atoms with Crippen molar-refractivity contribution < 1.29 is 29.0 Å². The molecule has 3 aromatic carbocycles. The van der Waals surface area contributed by atoms with Gasteiger partial charge in [0.15, 0.2) is 18.1 Å². The van der Waals surface area contributed by atoms with Crippen molar-refractivity contribution in [2.75, 3.05) is 24.3 Å². The molecule has 6 aromatic rings. The molecule has 0 spiro atoms. The smallest absolute Gasteiger partial charge is 0.354 e. The van der Waals surface area contributed by atoms with Crippen molar-refractivity contribution in [3.05, 3.63) is 113 Å². The van der Waals surface area contributed by atoms with Crippen LogP contribution in [0.5, 0.6) is 5.75 Å². The summed E-state index contributed by atoms with van der Waals surface area (Å²) in [4.78, 5) is 58.3. The SMILES string of the molecule is CCCc1nc(CSc2ccc(NC(=O)COc3ccc(CC4SC(=O)NC4=O)cc3)c(NC)n2)c(C(=O)O)n1Cc1ccc(-c2ccccc2-c2nn[nH]n2)cc1. The molecule has 3 amide bonds. The van der Waals surface area contributed by atoms with Crippen molar-refractivity contribution in [3.63, 3.8) is 0 Å². The predicted octanol–water partition coefficient (Wildman–Crippen LogP) is 6.07. The van der Waals surface area contributed by atoms with Crippen LogP contribution in [0.25, 0.3) is 22.5 Å². The Morgan fingerprint density at radius 1 is 0.966 bits per heavy atom. The summed E-state index contributed by atoms with van der Waals surface area (Å²) < 4.78 is 7.45. The molecule has 1 saturated heterocycles. The summed E-state index contributed by atoms with van der Waals surface area (Å²) >= 11 is 2.31. The van der Waals surface area contributed by atoms with E-state index >= 15 is 0 Å². The lowest BCUT2D eigenvalue weighted by molar-refractivity contribution is -0.119. The van der Waals surface area contributed by atoms with Crippen molar-refractivity contribution in [2.24, 2.45) is 0 Å². The number of aromatic nitrogens is 7. The van der Waals surface area contributed by atoms with Crippen LogP contribution in [0.1, 0.15) is 46.5 Å². The molecule has 1 aliphatic heterocycles. The summed E-state index contributed by atoms with van der Waals surface area (Å²) in [7, 11) is 1.69. The fourth-order valence-electron chi connectivity index (χ4n) is 6.41. The van der Waals surface area contributed by atoms with Crippen LogP contribution in [0.2, 0.25) is 0 Å².